The fraction of sp³-hybridized carbons (Fsp3) is 0.333. The highest BCUT2D eigenvalue weighted by molar-refractivity contribution is 5.59. The van der Waals surface area contributed by atoms with Gasteiger partial charge in [-0.1, -0.05) is 0 Å². The standard InChI is InChI=1S/C15H19N3O/c1-11(2)19-14-6-3-12(4-7-14)15-8-5-13(9-10-16)17-18-15/h3-8,11H,9-10,16H2,1-2H3. The molecule has 4 heteroatoms. The van der Waals surface area contributed by atoms with Gasteiger partial charge in [0.15, 0.2) is 0 Å². The van der Waals surface area contributed by atoms with Gasteiger partial charge < -0.3 is 10.5 Å². The summed E-state index contributed by atoms with van der Waals surface area (Å²) in [5.41, 5.74) is 8.30. The fourth-order valence-electron chi connectivity index (χ4n) is 1.77. The minimum atomic E-state index is 0.182. The molecule has 0 aliphatic rings. The van der Waals surface area contributed by atoms with E-state index < -0.39 is 0 Å². The summed E-state index contributed by atoms with van der Waals surface area (Å²) in [4.78, 5) is 0. The average molecular weight is 257 g/mol. The smallest absolute Gasteiger partial charge is 0.119 e. The van der Waals surface area contributed by atoms with Gasteiger partial charge in [-0.25, -0.2) is 0 Å². The maximum absolute atomic E-state index is 5.61. The molecule has 0 saturated heterocycles. The van der Waals surface area contributed by atoms with Crippen molar-refractivity contribution in [2.24, 2.45) is 5.73 Å². The summed E-state index contributed by atoms with van der Waals surface area (Å²) in [5, 5.41) is 8.37. The number of benzene rings is 1. The Labute approximate surface area is 113 Å². The SMILES string of the molecule is CC(C)Oc1ccc(-c2ccc(CCN)nn2)cc1. The molecule has 0 radical (unpaired) electrons. The van der Waals surface area contributed by atoms with E-state index in [1.165, 1.54) is 0 Å². The van der Waals surface area contributed by atoms with Crippen molar-refractivity contribution in [3.63, 3.8) is 0 Å². The molecule has 0 bridgehead atoms. The minimum Gasteiger partial charge on any atom is -0.491 e. The number of nitrogens with two attached hydrogens (primary N) is 1. The van der Waals surface area contributed by atoms with Gasteiger partial charge in [0.2, 0.25) is 0 Å². The average Bonchev–Trinajstić information content (AvgIpc) is 2.40. The van der Waals surface area contributed by atoms with Crippen LogP contribution in [0.2, 0.25) is 0 Å². The molecule has 0 fully saturated rings. The van der Waals surface area contributed by atoms with Crippen LogP contribution in [0.25, 0.3) is 11.3 Å². The molecule has 0 atom stereocenters. The summed E-state index contributed by atoms with van der Waals surface area (Å²) in [5.74, 6) is 0.867. The monoisotopic (exact) mass is 257 g/mol. The van der Waals surface area contributed by atoms with E-state index in [2.05, 4.69) is 10.2 Å². The van der Waals surface area contributed by atoms with Gasteiger partial charge in [0, 0.05) is 12.0 Å². The van der Waals surface area contributed by atoms with Gasteiger partial charge in [-0.15, -0.1) is 0 Å². The van der Waals surface area contributed by atoms with Gasteiger partial charge in [-0.3, -0.25) is 0 Å². The Balaban J connectivity index is 2.13. The molecule has 2 aromatic rings. The highest BCUT2D eigenvalue weighted by Gasteiger charge is 2.02. The first-order valence-electron chi connectivity index (χ1n) is 6.49. The number of ether oxygens (including phenoxy) is 1. The van der Waals surface area contributed by atoms with E-state index in [0.29, 0.717) is 6.54 Å². The molecule has 0 spiro atoms. The highest BCUT2D eigenvalue weighted by Crippen LogP contribution is 2.20. The lowest BCUT2D eigenvalue weighted by molar-refractivity contribution is 0.242. The quantitative estimate of drug-likeness (QED) is 0.893. The van der Waals surface area contributed by atoms with E-state index >= 15 is 0 Å². The Morgan fingerprint density at radius 1 is 1.05 bits per heavy atom. The summed E-state index contributed by atoms with van der Waals surface area (Å²) in [6.07, 6.45) is 0.940. The van der Waals surface area contributed by atoms with Crippen molar-refractivity contribution in [3.8, 4) is 17.0 Å². The van der Waals surface area contributed by atoms with Crippen LogP contribution in [0.4, 0.5) is 0 Å². The fourth-order valence-corrected chi connectivity index (χ4v) is 1.77. The third kappa shape index (κ3) is 3.76. The van der Waals surface area contributed by atoms with Gasteiger partial charge in [0.05, 0.1) is 17.5 Å². The van der Waals surface area contributed by atoms with Gasteiger partial charge in [-0.2, -0.15) is 10.2 Å². The molecule has 0 amide bonds. The number of aromatic nitrogens is 2. The second-order valence-electron chi connectivity index (χ2n) is 4.64. The van der Waals surface area contributed by atoms with Crippen molar-refractivity contribution >= 4 is 0 Å². The Morgan fingerprint density at radius 3 is 2.32 bits per heavy atom. The predicted molar refractivity (Wildman–Crippen MR) is 76.0 cm³/mol. The van der Waals surface area contributed by atoms with Crippen molar-refractivity contribution in [2.75, 3.05) is 6.54 Å². The molecule has 0 saturated carbocycles. The van der Waals surface area contributed by atoms with Gasteiger partial charge in [0.25, 0.3) is 0 Å². The van der Waals surface area contributed by atoms with Crippen molar-refractivity contribution in [3.05, 3.63) is 42.1 Å². The van der Waals surface area contributed by atoms with Crippen LogP contribution in [0.1, 0.15) is 19.5 Å². The maximum Gasteiger partial charge on any atom is 0.119 e. The largest absolute Gasteiger partial charge is 0.491 e. The third-order valence-corrected chi connectivity index (χ3v) is 2.64. The first-order valence-corrected chi connectivity index (χ1v) is 6.49. The molecular formula is C15H19N3O. The number of hydrogen-bond donors (Lipinski definition) is 1. The minimum absolute atomic E-state index is 0.182. The zero-order chi connectivity index (χ0) is 13.7. The zero-order valence-corrected chi connectivity index (χ0v) is 11.3. The first kappa shape index (κ1) is 13.5. The topological polar surface area (TPSA) is 61.0 Å². The van der Waals surface area contributed by atoms with Crippen LogP contribution in [0.3, 0.4) is 0 Å². The van der Waals surface area contributed by atoms with Crippen molar-refractivity contribution < 1.29 is 4.74 Å². The molecule has 100 valence electrons. The summed E-state index contributed by atoms with van der Waals surface area (Å²) in [6.45, 7) is 4.61. The van der Waals surface area contributed by atoms with E-state index in [4.69, 9.17) is 10.5 Å². The molecule has 1 heterocycles. The Bertz CT molecular complexity index is 506. The Kier molecular flexibility index (Phi) is 4.47. The maximum atomic E-state index is 5.61. The second-order valence-corrected chi connectivity index (χ2v) is 4.64. The number of rotatable bonds is 5. The van der Waals surface area contributed by atoms with Crippen LogP contribution in [-0.2, 0) is 6.42 Å². The van der Waals surface area contributed by atoms with Crippen molar-refractivity contribution in [1.82, 2.24) is 10.2 Å². The molecule has 1 aromatic heterocycles. The zero-order valence-electron chi connectivity index (χ0n) is 11.3. The van der Waals surface area contributed by atoms with Crippen LogP contribution in [-0.4, -0.2) is 22.8 Å². The Hall–Kier alpha value is -1.94. The van der Waals surface area contributed by atoms with Crippen molar-refractivity contribution in [2.45, 2.75) is 26.4 Å². The summed E-state index contributed by atoms with van der Waals surface area (Å²) in [6, 6.07) is 11.8. The third-order valence-electron chi connectivity index (χ3n) is 2.64. The molecule has 4 nitrogen and oxygen atoms in total. The number of nitrogens with zero attached hydrogens (tertiary/aromatic N) is 2. The van der Waals surface area contributed by atoms with Gasteiger partial charge >= 0.3 is 0 Å². The summed E-state index contributed by atoms with van der Waals surface area (Å²) in [7, 11) is 0. The second kappa shape index (κ2) is 6.29. The molecule has 2 N–H and O–H groups in total. The van der Waals surface area contributed by atoms with Crippen LogP contribution in [0.15, 0.2) is 36.4 Å². The lowest BCUT2D eigenvalue weighted by Crippen LogP contribution is -2.05. The van der Waals surface area contributed by atoms with Crippen molar-refractivity contribution in [1.29, 1.82) is 0 Å². The highest BCUT2D eigenvalue weighted by atomic mass is 16.5. The van der Waals surface area contributed by atoms with Crippen LogP contribution < -0.4 is 10.5 Å². The molecule has 0 unspecified atom stereocenters. The van der Waals surface area contributed by atoms with E-state index in [-0.39, 0.29) is 6.10 Å². The predicted octanol–water partition coefficient (Wildman–Crippen LogP) is 2.43. The number of hydrogen-bond acceptors (Lipinski definition) is 4. The molecule has 2 rings (SSSR count). The lowest BCUT2D eigenvalue weighted by Gasteiger charge is -2.09. The Morgan fingerprint density at radius 2 is 1.79 bits per heavy atom. The summed E-state index contributed by atoms with van der Waals surface area (Å²) >= 11 is 0. The van der Waals surface area contributed by atoms with Gasteiger partial charge in [0.1, 0.15) is 5.75 Å². The van der Waals surface area contributed by atoms with E-state index in [0.717, 1.165) is 29.1 Å². The molecule has 0 aliphatic heterocycles. The van der Waals surface area contributed by atoms with E-state index in [1.54, 1.807) is 0 Å². The lowest BCUT2D eigenvalue weighted by atomic mass is 10.1. The van der Waals surface area contributed by atoms with Crippen LogP contribution >= 0.6 is 0 Å². The van der Waals surface area contributed by atoms with Crippen LogP contribution in [0.5, 0.6) is 5.75 Å². The molecule has 0 aliphatic carbocycles. The van der Waals surface area contributed by atoms with Crippen LogP contribution in [0, 0.1) is 0 Å². The van der Waals surface area contributed by atoms with E-state index in [9.17, 15) is 0 Å². The molecule has 1 aromatic carbocycles. The molecular weight excluding hydrogens is 238 g/mol. The summed E-state index contributed by atoms with van der Waals surface area (Å²) < 4.78 is 5.61. The first-order chi connectivity index (χ1) is 9.19. The van der Waals surface area contributed by atoms with Gasteiger partial charge in [-0.05, 0) is 56.8 Å². The normalized spacial score (nSPS) is 10.7. The van der Waals surface area contributed by atoms with E-state index in [1.807, 2.05) is 50.2 Å². The molecule has 19 heavy (non-hydrogen) atoms.